The summed E-state index contributed by atoms with van der Waals surface area (Å²) in [6.07, 6.45) is 5.15. The highest BCUT2D eigenvalue weighted by Gasteiger charge is 2.19. The van der Waals surface area contributed by atoms with Crippen molar-refractivity contribution in [2.24, 2.45) is 0 Å². The normalized spacial score (nSPS) is 22.6. The van der Waals surface area contributed by atoms with Gasteiger partial charge in [-0.15, -0.1) is 0 Å². The zero-order valence-corrected chi connectivity index (χ0v) is 14.0. The monoisotopic (exact) mass is 283 g/mol. The van der Waals surface area contributed by atoms with Crippen LogP contribution >= 0.6 is 0 Å². The van der Waals surface area contributed by atoms with Crippen molar-refractivity contribution in [3.63, 3.8) is 0 Å². The molecule has 2 N–H and O–H groups in total. The lowest BCUT2D eigenvalue weighted by molar-refractivity contribution is -0.124. The van der Waals surface area contributed by atoms with Crippen LogP contribution in [-0.4, -0.2) is 48.1 Å². The largest absolute Gasteiger partial charge is 0.350 e. The van der Waals surface area contributed by atoms with Crippen LogP contribution in [0.1, 0.15) is 60.3 Å². The minimum absolute atomic E-state index is 0.0869. The molecule has 1 heterocycles. The Kier molecular flexibility index (Phi) is 6.96. The minimum atomic E-state index is -0.156. The lowest BCUT2D eigenvalue weighted by atomic mass is 10.0. The van der Waals surface area contributed by atoms with E-state index in [2.05, 4.69) is 22.5 Å². The van der Waals surface area contributed by atoms with Crippen molar-refractivity contribution in [2.45, 2.75) is 77.9 Å². The summed E-state index contributed by atoms with van der Waals surface area (Å²) in [5, 5.41) is 6.33. The molecule has 1 aliphatic heterocycles. The van der Waals surface area contributed by atoms with E-state index >= 15 is 0 Å². The van der Waals surface area contributed by atoms with Gasteiger partial charge in [-0.1, -0.05) is 6.42 Å². The van der Waals surface area contributed by atoms with E-state index in [4.69, 9.17) is 0 Å². The molecule has 0 spiro atoms. The van der Waals surface area contributed by atoms with E-state index in [-0.39, 0.29) is 17.5 Å². The molecule has 1 rings (SSSR count). The fraction of sp³-hybridized carbons (Fsp3) is 0.938. The lowest BCUT2D eigenvalue weighted by Crippen LogP contribution is -2.50. The van der Waals surface area contributed by atoms with Crippen LogP contribution in [0.3, 0.4) is 0 Å². The average molecular weight is 283 g/mol. The highest BCUT2D eigenvalue weighted by molar-refractivity contribution is 5.81. The van der Waals surface area contributed by atoms with E-state index in [9.17, 15) is 4.79 Å². The molecule has 1 amide bonds. The Morgan fingerprint density at radius 2 is 2.05 bits per heavy atom. The van der Waals surface area contributed by atoms with E-state index in [1.165, 1.54) is 25.8 Å². The van der Waals surface area contributed by atoms with Crippen LogP contribution < -0.4 is 10.6 Å². The number of nitrogens with zero attached hydrogens (tertiary/aromatic N) is 1. The second-order valence-electron chi connectivity index (χ2n) is 7.15. The van der Waals surface area contributed by atoms with Crippen molar-refractivity contribution in [2.75, 3.05) is 19.6 Å². The quantitative estimate of drug-likeness (QED) is 0.734. The van der Waals surface area contributed by atoms with Crippen LogP contribution in [0, 0.1) is 0 Å². The first kappa shape index (κ1) is 17.4. The molecule has 4 heteroatoms. The highest BCUT2D eigenvalue weighted by Crippen LogP contribution is 2.16. The van der Waals surface area contributed by atoms with Gasteiger partial charge in [-0.25, -0.2) is 0 Å². The van der Waals surface area contributed by atoms with Gasteiger partial charge in [0.05, 0.1) is 6.04 Å². The van der Waals surface area contributed by atoms with Gasteiger partial charge < -0.3 is 15.5 Å². The first-order valence-electron chi connectivity index (χ1n) is 8.09. The highest BCUT2D eigenvalue weighted by atomic mass is 16.2. The fourth-order valence-corrected chi connectivity index (χ4v) is 2.66. The van der Waals surface area contributed by atoms with Gasteiger partial charge in [-0.2, -0.15) is 0 Å². The number of likely N-dealkylation sites (tertiary alicyclic amines) is 1. The number of amides is 1. The number of hydrogen-bond acceptors (Lipinski definition) is 3. The molecule has 2 unspecified atom stereocenters. The molecule has 0 radical (unpaired) electrons. The maximum atomic E-state index is 11.9. The van der Waals surface area contributed by atoms with Crippen LogP contribution in [0.5, 0.6) is 0 Å². The van der Waals surface area contributed by atoms with Gasteiger partial charge in [0.25, 0.3) is 0 Å². The summed E-state index contributed by atoms with van der Waals surface area (Å²) >= 11 is 0. The molecule has 2 atom stereocenters. The third-order valence-corrected chi connectivity index (χ3v) is 3.90. The van der Waals surface area contributed by atoms with E-state index in [0.717, 1.165) is 25.6 Å². The molecule has 0 saturated carbocycles. The number of piperidine rings is 1. The van der Waals surface area contributed by atoms with Crippen molar-refractivity contribution in [1.29, 1.82) is 0 Å². The molecule has 0 aromatic carbocycles. The number of carbonyl (C=O) groups is 1. The Morgan fingerprint density at radius 3 is 2.65 bits per heavy atom. The van der Waals surface area contributed by atoms with E-state index in [0.29, 0.717) is 0 Å². The van der Waals surface area contributed by atoms with Gasteiger partial charge in [0.2, 0.25) is 5.91 Å². The van der Waals surface area contributed by atoms with Crippen molar-refractivity contribution >= 4 is 5.91 Å². The predicted octanol–water partition coefficient (Wildman–Crippen LogP) is 2.14. The minimum Gasteiger partial charge on any atom is -0.350 e. The number of carbonyl (C=O) groups excluding carboxylic acids is 1. The molecule has 1 saturated heterocycles. The zero-order chi connectivity index (χ0) is 15.2. The van der Waals surface area contributed by atoms with Gasteiger partial charge in [0.15, 0.2) is 0 Å². The summed E-state index contributed by atoms with van der Waals surface area (Å²) in [6.45, 7) is 13.6. The van der Waals surface area contributed by atoms with Gasteiger partial charge >= 0.3 is 0 Å². The van der Waals surface area contributed by atoms with Crippen LogP contribution in [0.15, 0.2) is 0 Å². The summed E-state index contributed by atoms with van der Waals surface area (Å²) in [7, 11) is 0. The zero-order valence-electron chi connectivity index (χ0n) is 14.0. The summed E-state index contributed by atoms with van der Waals surface area (Å²) in [5.74, 6) is 0.0869. The van der Waals surface area contributed by atoms with Crippen molar-refractivity contribution in [3.05, 3.63) is 0 Å². The molecule has 1 aliphatic rings. The Hall–Kier alpha value is -0.610. The number of rotatable bonds is 6. The Bertz CT molecular complexity index is 299. The van der Waals surface area contributed by atoms with Gasteiger partial charge in [0.1, 0.15) is 0 Å². The van der Waals surface area contributed by atoms with Crippen LogP contribution in [0.4, 0.5) is 0 Å². The van der Waals surface area contributed by atoms with Crippen LogP contribution in [0.25, 0.3) is 0 Å². The molecule has 20 heavy (non-hydrogen) atoms. The van der Waals surface area contributed by atoms with Crippen molar-refractivity contribution < 1.29 is 4.79 Å². The van der Waals surface area contributed by atoms with E-state index in [1.54, 1.807) is 0 Å². The Labute approximate surface area is 124 Å². The predicted molar refractivity (Wildman–Crippen MR) is 84.9 cm³/mol. The average Bonchev–Trinajstić information content (AvgIpc) is 2.34. The van der Waals surface area contributed by atoms with Gasteiger partial charge in [0, 0.05) is 11.6 Å². The van der Waals surface area contributed by atoms with Crippen molar-refractivity contribution in [1.82, 2.24) is 15.5 Å². The summed E-state index contributed by atoms with van der Waals surface area (Å²) in [5.41, 5.74) is -0.156. The SMILES string of the molecule is CC(NCCCN1CCCCC1C)C(=O)NC(C)(C)C. The molecule has 1 fully saturated rings. The number of nitrogens with one attached hydrogen (secondary N) is 2. The molecular formula is C16H33N3O. The smallest absolute Gasteiger partial charge is 0.237 e. The third kappa shape index (κ3) is 6.71. The second-order valence-corrected chi connectivity index (χ2v) is 7.15. The molecule has 0 aromatic heterocycles. The summed E-state index contributed by atoms with van der Waals surface area (Å²) in [4.78, 5) is 14.5. The molecule has 0 aromatic rings. The molecule has 0 bridgehead atoms. The fourth-order valence-electron chi connectivity index (χ4n) is 2.66. The number of hydrogen-bond donors (Lipinski definition) is 2. The second kappa shape index (κ2) is 7.99. The van der Waals surface area contributed by atoms with Crippen LogP contribution in [0.2, 0.25) is 0 Å². The first-order valence-corrected chi connectivity index (χ1v) is 8.09. The summed E-state index contributed by atoms with van der Waals surface area (Å²) in [6, 6.07) is 0.610. The molecule has 4 nitrogen and oxygen atoms in total. The topological polar surface area (TPSA) is 44.4 Å². The van der Waals surface area contributed by atoms with E-state index < -0.39 is 0 Å². The third-order valence-electron chi connectivity index (χ3n) is 3.90. The lowest BCUT2D eigenvalue weighted by Gasteiger charge is -2.33. The molecular weight excluding hydrogens is 250 g/mol. The van der Waals surface area contributed by atoms with E-state index in [1.807, 2.05) is 27.7 Å². The Balaban J connectivity index is 2.15. The molecule has 118 valence electrons. The van der Waals surface area contributed by atoms with Gasteiger partial charge in [-0.3, -0.25) is 4.79 Å². The standard InChI is InChI=1S/C16H33N3O/c1-13-9-6-7-11-19(13)12-8-10-17-14(2)15(20)18-16(3,4)5/h13-14,17H,6-12H2,1-5H3,(H,18,20). The van der Waals surface area contributed by atoms with Crippen molar-refractivity contribution in [3.8, 4) is 0 Å². The first-order chi connectivity index (χ1) is 9.29. The molecule has 0 aliphatic carbocycles. The summed E-state index contributed by atoms with van der Waals surface area (Å²) < 4.78 is 0. The maximum absolute atomic E-state index is 11.9. The van der Waals surface area contributed by atoms with Gasteiger partial charge in [-0.05, 0) is 73.5 Å². The Morgan fingerprint density at radius 1 is 1.35 bits per heavy atom. The maximum Gasteiger partial charge on any atom is 0.237 e. The van der Waals surface area contributed by atoms with Crippen LogP contribution in [-0.2, 0) is 4.79 Å².